The molecule has 0 bridgehead atoms. The fourth-order valence-corrected chi connectivity index (χ4v) is 5.24. The van der Waals surface area contributed by atoms with E-state index < -0.39 is 29.2 Å². The second kappa shape index (κ2) is 8.84. The number of nitrogen functional groups attached to an aromatic ring is 1. The Balaban J connectivity index is 1.79. The van der Waals surface area contributed by atoms with Gasteiger partial charge < -0.3 is 21.0 Å². The number of nitrogens with one attached hydrogen (secondary N) is 1. The number of β-lactam (4-membered cyclic amide) rings is 1. The molecule has 2 aliphatic rings. The molecule has 14 heteroatoms. The molecule has 11 nitrogen and oxygen atoms in total. The summed E-state index contributed by atoms with van der Waals surface area (Å²) in [4.78, 5) is 47.5. The van der Waals surface area contributed by atoms with Gasteiger partial charge in [-0.05, 0) is 12.3 Å². The van der Waals surface area contributed by atoms with Crippen molar-refractivity contribution in [1.82, 2.24) is 19.6 Å². The maximum Gasteiger partial charge on any atom is 0.353 e. The standard InChI is InChI=1S/C15H16N6O5S3/c1-3-26-19-7(10-18-15(16)29-20-10)11(22)17-8-12(23)21-9(14(24)25)6(27-4-2)5-28-13(8)21/h4,8,13H,2-3,5H2,1H3,(H,17,22)(H,24,25)(H2,16,18,20)/b19-7+/t8?,13-/m1/s1. The van der Waals surface area contributed by atoms with E-state index in [1.165, 1.54) is 22.1 Å². The smallest absolute Gasteiger partial charge is 0.353 e. The van der Waals surface area contributed by atoms with E-state index in [2.05, 4.69) is 26.4 Å². The highest BCUT2D eigenvalue weighted by Gasteiger charge is 2.54. The number of nitrogens with zero attached hydrogens (tertiary/aromatic N) is 4. The van der Waals surface area contributed by atoms with Gasteiger partial charge in [-0.2, -0.15) is 9.36 Å². The summed E-state index contributed by atoms with van der Waals surface area (Å²) in [5.74, 6) is -2.10. The summed E-state index contributed by atoms with van der Waals surface area (Å²) in [7, 11) is 0. The van der Waals surface area contributed by atoms with Crippen LogP contribution >= 0.6 is 35.1 Å². The Morgan fingerprint density at radius 2 is 2.34 bits per heavy atom. The molecular formula is C15H16N6O5S3. The predicted octanol–water partition coefficient (Wildman–Crippen LogP) is 0.434. The maximum absolute atomic E-state index is 12.7. The summed E-state index contributed by atoms with van der Waals surface area (Å²) in [6, 6.07) is -0.917. The number of hydrogen-bond donors (Lipinski definition) is 3. The highest BCUT2D eigenvalue weighted by Crippen LogP contribution is 2.43. The summed E-state index contributed by atoms with van der Waals surface area (Å²) >= 11 is 3.39. The Morgan fingerprint density at radius 3 is 2.93 bits per heavy atom. The molecule has 0 saturated carbocycles. The van der Waals surface area contributed by atoms with Crippen LogP contribution in [0.25, 0.3) is 0 Å². The molecular weight excluding hydrogens is 440 g/mol. The van der Waals surface area contributed by atoms with Crippen molar-refractivity contribution in [2.45, 2.75) is 18.3 Å². The van der Waals surface area contributed by atoms with Crippen molar-refractivity contribution in [2.75, 3.05) is 18.1 Å². The zero-order chi connectivity index (χ0) is 21.1. The first-order chi connectivity index (χ1) is 13.9. The van der Waals surface area contributed by atoms with E-state index in [1.807, 2.05) is 0 Å². The van der Waals surface area contributed by atoms with Gasteiger partial charge in [0.1, 0.15) is 23.7 Å². The first-order valence-electron chi connectivity index (χ1n) is 8.18. The fraction of sp³-hybridized carbons (Fsp3) is 0.333. The van der Waals surface area contributed by atoms with Gasteiger partial charge in [-0.1, -0.05) is 23.5 Å². The molecule has 1 unspecified atom stereocenters. The van der Waals surface area contributed by atoms with E-state index in [-0.39, 0.29) is 29.0 Å². The number of anilines is 1. The molecule has 1 aromatic rings. The number of carbonyl (C=O) groups excluding carboxylic acids is 2. The number of aliphatic carboxylic acids is 1. The average Bonchev–Trinajstić information content (AvgIpc) is 3.12. The summed E-state index contributed by atoms with van der Waals surface area (Å²) in [5, 5.41) is 16.9. The molecule has 2 atom stereocenters. The van der Waals surface area contributed by atoms with Crippen LogP contribution in [0.15, 0.2) is 27.7 Å². The third-order valence-electron chi connectivity index (χ3n) is 3.80. The molecule has 3 rings (SSSR count). The van der Waals surface area contributed by atoms with Gasteiger partial charge >= 0.3 is 5.97 Å². The Morgan fingerprint density at radius 1 is 1.59 bits per heavy atom. The van der Waals surface area contributed by atoms with Crippen molar-refractivity contribution in [3.8, 4) is 0 Å². The number of hydrogen-bond acceptors (Lipinski definition) is 11. The largest absolute Gasteiger partial charge is 0.477 e. The molecule has 2 aliphatic heterocycles. The van der Waals surface area contributed by atoms with Crippen molar-refractivity contribution in [3.63, 3.8) is 0 Å². The quantitative estimate of drug-likeness (QED) is 0.284. The van der Waals surface area contributed by atoms with Crippen molar-refractivity contribution >= 4 is 63.7 Å². The lowest BCUT2D eigenvalue weighted by Crippen LogP contribution is -2.71. The van der Waals surface area contributed by atoms with E-state index in [1.54, 1.807) is 6.92 Å². The molecule has 0 aliphatic carbocycles. The number of carboxylic acid groups (broad SMARTS) is 1. The van der Waals surface area contributed by atoms with Crippen LogP contribution in [0.4, 0.5) is 5.13 Å². The average molecular weight is 457 g/mol. The first-order valence-corrected chi connectivity index (χ1v) is 10.9. The third-order valence-corrected chi connectivity index (χ3v) is 6.60. The monoisotopic (exact) mass is 456 g/mol. The van der Waals surface area contributed by atoms with Crippen molar-refractivity contribution < 1.29 is 24.3 Å². The zero-order valence-electron chi connectivity index (χ0n) is 15.0. The lowest BCUT2D eigenvalue weighted by molar-refractivity contribution is -0.150. The summed E-state index contributed by atoms with van der Waals surface area (Å²) in [6.07, 6.45) is 0. The lowest BCUT2D eigenvalue weighted by Gasteiger charge is -2.49. The molecule has 1 aromatic heterocycles. The first kappa shape index (κ1) is 21.1. The van der Waals surface area contributed by atoms with Crippen molar-refractivity contribution in [3.05, 3.63) is 28.4 Å². The number of oxime groups is 1. The zero-order valence-corrected chi connectivity index (χ0v) is 17.5. The molecule has 0 aromatic carbocycles. The molecule has 29 heavy (non-hydrogen) atoms. The number of thioether (sulfide) groups is 2. The van der Waals surface area contributed by atoms with Crippen LogP contribution in [-0.4, -0.2) is 66.6 Å². The number of carboxylic acids is 1. The molecule has 4 N–H and O–H groups in total. The molecule has 2 amide bonds. The van der Waals surface area contributed by atoms with E-state index in [0.29, 0.717) is 10.7 Å². The Hall–Kier alpha value is -2.58. The number of fused-ring (bicyclic) bond motifs is 1. The molecule has 0 radical (unpaired) electrons. The molecule has 3 heterocycles. The minimum atomic E-state index is -1.21. The SMILES string of the molecule is C=CSC1=C(C(=O)O)N2C(=O)C(NC(=O)/C(=N/OCC)c3nsc(N)n3)[C@H]2SC1. The van der Waals surface area contributed by atoms with Crippen LogP contribution < -0.4 is 11.1 Å². The van der Waals surface area contributed by atoms with E-state index in [0.717, 1.165) is 23.3 Å². The van der Waals surface area contributed by atoms with E-state index >= 15 is 0 Å². The van der Waals surface area contributed by atoms with Crippen LogP contribution in [0.1, 0.15) is 12.7 Å². The minimum absolute atomic E-state index is 0.0193. The van der Waals surface area contributed by atoms with Crippen LogP contribution in [-0.2, 0) is 19.2 Å². The van der Waals surface area contributed by atoms with Gasteiger partial charge in [-0.25, -0.2) is 4.79 Å². The second-order valence-corrected chi connectivity index (χ2v) is 8.49. The van der Waals surface area contributed by atoms with Crippen LogP contribution in [0, 0.1) is 0 Å². The fourth-order valence-electron chi connectivity index (χ4n) is 2.64. The highest BCUT2D eigenvalue weighted by atomic mass is 32.2. The topological polar surface area (TPSA) is 160 Å². The number of aromatic nitrogens is 2. The third kappa shape index (κ3) is 4.09. The Kier molecular flexibility index (Phi) is 6.44. The Bertz CT molecular complexity index is 929. The van der Waals surface area contributed by atoms with Gasteiger partial charge in [0.25, 0.3) is 11.8 Å². The number of carbonyl (C=O) groups is 3. The molecule has 0 spiro atoms. The number of amides is 2. The van der Waals surface area contributed by atoms with Gasteiger partial charge in [0.2, 0.25) is 11.5 Å². The van der Waals surface area contributed by atoms with E-state index in [4.69, 9.17) is 10.6 Å². The summed E-state index contributed by atoms with van der Waals surface area (Å²) in [5.41, 5.74) is 5.25. The predicted molar refractivity (Wildman–Crippen MR) is 110 cm³/mol. The van der Waals surface area contributed by atoms with E-state index in [9.17, 15) is 19.5 Å². The summed E-state index contributed by atoms with van der Waals surface area (Å²) in [6.45, 7) is 5.48. The van der Waals surface area contributed by atoms with Gasteiger partial charge in [0.15, 0.2) is 5.13 Å². The lowest BCUT2D eigenvalue weighted by atomic mass is 10.0. The van der Waals surface area contributed by atoms with Gasteiger partial charge in [0.05, 0.1) is 0 Å². The summed E-state index contributed by atoms with van der Waals surface area (Å²) < 4.78 is 3.94. The second-order valence-electron chi connectivity index (χ2n) is 5.54. The van der Waals surface area contributed by atoms with Crippen molar-refractivity contribution in [1.29, 1.82) is 0 Å². The van der Waals surface area contributed by atoms with Crippen LogP contribution in [0.3, 0.4) is 0 Å². The van der Waals surface area contributed by atoms with Gasteiger partial charge in [-0.3, -0.25) is 14.5 Å². The molecule has 154 valence electrons. The Labute approximate surface area is 177 Å². The van der Waals surface area contributed by atoms with Gasteiger partial charge in [-0.15, -0.1) is 11.8 Å². The highest BCUT2D eigenvalue weighted by molar-refractivity contribution is 8.08. The molecule has 1 saturated heterocycles. The molecule has 1 fully saturated rings. The minimum Gasteiger partial charge on any atom is -0.477 e. The number of rotatable bonds is 8. The number of nitrogens with two attached hydrogens (primary N) is 1. The van der Waals surface area contributed by atoms with Crippen molar-refractivity contribution in [2.24, 2.45) is 5.16 Å². The van der Waals surface area contributed by atoms with Crippen LogP contribution in [0.2, 0.25) is 0 Å². The van der Waals surface area contributed by atoms with Crippen LogP contribution in [0.5, 0.6) is 0 Å². The maximum atomic E-state index is 12.7. The van der Waals surface area contributed by atoms with Gasteiger partial charge in [0, 0.05) is 22.2 Å². The normalized spacial score (nSPS) is 21.3.